The van der Waals surface area contributed by atoms with Gasteiger partial charge in [-0.1, -0.05) is 18.2 Å². The number of nitrogens with zero attached hydrogens (tertiary/aromatic N) is 2. The Bertz CT molecular complexity index is 652. The highest BCUT2D eigenvalue weighted by molar-refractivity contribution is 5.93. The molecule has 1 saturated carbocycles. The molecule has 1 aromatic carbocycles. The van der Waals surface area contributed by atoms with Gasteiger partial charge in [0.2, 0.25) is 0 Å². The topological polar surface area (TPSA) is 58.9 Å². The second kappa shape index (κ2) is 7.62. The van der Waals surface area contributed by atoms with E-state index in [9.17, 15) is 4.79 Å². The largest absolute Gasteiger partial charge is 0.349 e. The molecular weight excluding hydrogens is 312 g/mol. The van der Waals surface area contributed by atoms with Crippen LogP contribution in [0.15, 0.2) is 36.4 Å². The first-order valence-electron chi connectivity index (χ1n) is 7.80. The van der Waals surface area contributed by atoms with Gasteiger partial charge in [-0.2, -0.15) is 5.10 Å². The van der Waals surface area contributed by atoms with E-state index in [1.54, 1.807) is 4.68 Å². The number of amides is 1. The molecule has 23 heavy (non-hydrogen) atoms. The van der Waals surface area contributed by atoms with Gasteiger partial charge in [0.25, 0.3) is 5.91 Å². The summed E-state index contributed by atoms with van der Waals surface area (Å²) in [4.78, 5) is 12.5. The minimum Gasteiger partial charge on any atom is -0.349 e. The van der Waals surface area contributed by atoms with Crippen molar-refractivity contribution >= 4 is 18.3 Å². The number of carbonyl (C=O) groups excluding carboxylic acids is 1. The van der Waals surface area contributed by atoms with Crippen molar-refractivity contribution in [2.75, 3.05) is 13.6 Å². The van der Waals surface area contributed by atoms with Gasteiger partial charge in [-0.05, 0) is 45.0 Å². The fraction of sp³-hybridized carbons (Fsp3) is 0.412. The summed E-state index contributed by atoms with van der Waals surface area (Å²) in [5.74, 6) is 0.443. The lowest BCUT2D eigenvalue weighted by Crippen LogP contribution is -2.37. The molecule has 0 bridgehead atoms. The van der Waals surface area contributed by atoms with Crippen LogP contribution in [0.4, 0.5) is 0 Å². The van der Waals surface area contributed by atoms with Crippen molar-refractivity contribution in [3.63, 3.8) is 0 Å². The summed E-state index contributed by atoms with van der Waals surface area (Å²) in [5, 5.41) is 10.7. The van der Waals surface area contributed by atoms with Crippen LogP contribution in [-0.4, -0.2) is 35.3 Å². The number of para-hydroxylation sites is 1. The molecule has 5 nitrogen and oxygen atoms in total. The predicted octanol–water partition coefficient (Wildman–Crippen LogP) is 2.51. The number of benzene rings is 1. The van der Waals surface area contributed by atoms with Crippen molar-refractivity contribution in [2.24, 2.45) is 0 Å². The first kappa shape index (κ1) is 17.5. The van der Waals surface area contributed by atoms with Crippen LogP contribution in [0.5, 0.6) is 0 Å². The number of rotatable bonds is 6. The Kier molecular flexibility index (Phi) is 5.80. The second-order valence-electron chi connectivity index (χ2n) is 5.88. The summed E-state index contributed by atoms with van der Waals surface area (Å²) in [6.45, 7) is 2.62. The average molecular weight is 335 g/mol. The maximum Gasteiger partial charge on any atom is 0.270 e. The van der Waals surface area contributed by atoms with Gasteiger partial charge < -0.3 is 10.6 Å². The van der Waals surface area contributed by atoms with E-state index < -0.39 is 0 Å². The molecule has 1 amide bonds. The third-order valence-corrected chi connectivity index (χ3v) is 4.02. The Hall–Kier alpha value is -1.85. The highest BCUT2D eigenvalue weighted by Gasteiger charge is 2.29. The van der Waals surface area contributed by atoms with Crippen LogP contribution in [0.25, 0.3) is 5.69 Å². The maximum absolute atomic E-state index is 12.5. The minimum absolute atomic E-state index is 0. The number of nitrogens with one attached hydrogen (secondary N) is 2. The number of halogens is 1. The summed E-state index contributed by atoms with van der Waals surface area (Å²) >= 11 is 0. The van der Waals surface area contributed by atoms with E-state index in [1.165, 1.54) is 12.8 Å². The van der Waals surface area contributed by atoms with E-state index in [0.29, 0.717) is 18.2 Å². The van der Waals surface area contributed by atoms with E-state index in [0.717, 1.165) is 11.4 Å². The van der Waals surface area contributed by atoms with Crippen LogP contribution in [0.3, 0.4) is 0 Å². The third-order valence-electron chi connectivity index (χ3n) is 4.02. The van der Waals surface area contributed by atoms with Crippen molar-refractivity contribution < 1.29 is 4.79 Å². The van der Waals surface area contributed by atoms with Crippen LogP contribution < -0.4 is 10.6 Å². The molecule has 2 aromatic rings. The van der Waals surface area contributed by atoms with Gasteiger partial charge in [0.1, 0.15) is 5.69 Å². The third kappa shape index (κ3) is 4.12. The van der Waals surface area contributed by atoms with E-state index in [-0.39, 0.29) is 24.4 Å². The SMILES string of the molecule is CNC(C)CNC(=O)c1cc(C2CC2)nn1-c1ccccc1.Cl. The highest BCUT2D eigenvalue weighted by atomic mass is 35.5. The lowest BCUT2D eigenvalue weighted by atomic mass is 10.2. The van der Waals surface area contributed by atoms with Gasteiger partial charge in [-0.25, -0.2) is 4.68 Å². The first-order valence-corrected chi connectivity index (χ1v) is 7.80. The van der Waals surface area contributed by atoms with Crippen LogP contribution in [0.1, 0.15) is 41.9 Å². The standard InChI is InChI=1S/C17H22N4O.ClH/c1-12(18-2)11-19-17(22)16-10-15(13-8-9-13)20-21(16)14-6-4-3-5-7-14;/h3-7,10,12-13,18H,8-9,11H2,1-2H3,(H,19,22);1H. The Labute approximate surface area is 142 Å². The summed E-state index contributed by atoms with van der Waals surface area (Å²) < 4.78 is 1.76. The van der Waals surface area contributed by atoms with Crippen LogP contribution >= 0.6 is 12.4 Å². The molecule has 6 heteroatoms. The zero-order valence-corrected chi connectivity index (χ0v) is 14.3. The van der Waals surface area contributed by atoms with Gasteiger partial charge in [-0.15, -0.1) is 12.4 Å². The molecule has 0 saturated heterocycles. The molecule has 1 fully saturated rings. The molecule has 1 atom stereocenters. The van der Waals surface area contributed by atoms with Crippen molar-refractivity contribution in [1.82, 2.24) is 20.4 Å². The van der Waals surface area contributed by atoms with Gasteiger partial charge in [0, 0.05) is 18.5 Å². The number of hydrogen-bond donors (Lipinski definition) is 2. The van der Waals surface area contributed by atoms with E-state index >= 15 is 0 Å². The van der Waals surface area contributed by atoms with Crippen molar-refractivity contribution in [3.05, 3.63) is 47.8 Å². The Morgan fingerprint density at radius 1 is 1.35 bits per heavy atom. The Morgan fingerprint density at radius 2 is 2.04 bits per heavy atom. The van der Waals surface area contributed by atoms with E-state index in [2.05, 4.69) is 15.7 Å². The number of likely N-dealkylation sites (N-methyl/N-ethyl adjacent to an activating group) is 1. The molecule has 1 heterocycles. The summed E-state index contributed by atoms with van der Waals surface area (Å²) in [5.41, 5.74) is 2.55. The van der Waals surface area contributed by atoms with Crippen molar-refractivity contribution in [3.8, 4) is 5.69 Å². The molecule has 1 unspecified atom stereocenters. The van der Waals surface area contributed by atoms with Gasteiger partial charge in [0.15, 0.2) is 0 Å². The first-order chi connectivity index (χ1) is 10.7. The molecule has 1 aliphatic carbocycles. The van der Waals surface area contributed by atoms with Crippen LogP contribution in [-0.2, 0) is 0 Å². The molecule has 1 aromatic heterocycles. The minimum atomic E-state index is -0.0784. The van der Waals surface area contributed by atoms with Gasteiger partial charge in [-0.3, -0.25) is 4.79 Å². The fourth-order valence-electron chi connectivity index (χ4n) is 2.34. The average Bonchev–Trinajstić information content (AvgIpc) is 3.31. The summed E-state index contributed by atoms with van der Waals surface area (Å²) in [7, 11) is 1.89. The quantitative estimate of drug-likeness (QED) is 0.853. The lowest BCUT2D eigenvalue weighted by Gasteiger charge is -2.12. The Morgan fingerprint density at radius 3 is 2.65 bits per heavy atom. The lowest BCUT2D eigenvalue weighted by molar-refractivity contribution is 0.0943. The molecular formula is C17H23ClN4O. The molecule has 2 N–H and O–H groups in total. The molecule has 3 rings (SSSR count). The van der Waals surface area contributed by atoms with Gasteiger partial charge in [0.05, 0.1) is 11.4 Å². The smallest absolute Gasteiger partial charge is 0.270 e. The fourth-order valence-corrected chi connectivity index (χ4v) is 2.34. The normalized spacial score (nSPS) is 14.9. The second-order valence-corrected chi connectivity index (χ2v) is 5.88. The predicted molar refractivity (Wildman–Crippen MR) is 93.6 cm³/mol. The molecule has 0 spiro atoms. The van der Waals surface area contributed by atoms with E-state index in [1.807, 2.05) is 50.4 Å². The van der Waals surface area contributed by atoms with E-state index in [4.69, 9.17) is 0 Å². The molecule has 0 aliphatic heterocycles. The number of carbonyl (C=O) groups is 1. The van der Waals surface area contributed by atoms with Crippen LogP contribution in [0.2, 0.25) is 0 Å². The Balaban J connectivity index is 0.00000192. The van der Waals surface area contributed by atoms with Crippen molar-refractivity contribution in [1.29, 1.82) is 0 Å². The van der Waals surface area contributed by atoms with Crippen molar-refractivity contribution in [2.45, 2.75) is 31.7 Å². The summed E-state index contributed by atoms with van der Waals surface area (Å²) in [6, 6.07) is 12.0. The monoisotopic (exact) mass is 334 g/mol. The van der Waals surface area contributed by atoms with Gasteiger partial charge >= 0.3 is 0 Å². The number of aromatic nitrogens is 2. The molecule has 124 valence electrons. The highest BCUT2D eigenvalue weighted by Crippen LogP contribution is 2.39. The molecule has 1 aliphatic rings. The summed E-state index contributed by atoms with van der Waals surface area (Å²) in [6.07, 6.45) is 2.34. The number of hydrogen-bond acceptors (Lipinski definition) is 3. The maximum atomic E-state index is 12.5. The van der Waals surface area contributed by atoms with Crippen LogP contribution in [0, 0.1) is 0 Å². The zero-order chi connectivity index (χ0) is 15.5. The molecule has 0 radical (unpaired) electrons. The zero-order valence-electron chi connectivity index (χ0n) is 13.5.